The Morgan fingerprint density at radius 1 is 1.29 bits per heavy atom. The first-order chi connectivity index (χ1) is 8.02. The van der Waals surface area contributed by atoms with Crippen LogP contribution in [0.1, 0.15) is 46.5 Å². The first kappa shape index (κ1) is 14.5. The number of nitrogens with zero attached hydrogens (tertiary/aromatic N) is 1. The standard InChI is InChI=1S/C14H27NO2/c1-11(2)8-12(3)9-14(17)15-6-4-13(10-16)5-7-15/h11-13,16H,4-10H2,1-3H3. The molecule has 1 aliphatic rings. The smallest absolute Gasteiger partial charge is 0.222 e. The predicted molar refractivity (Wildman–Crippen MR) is 69.6 cm³/mol. The Morgan fingerprint density at radius 3 is 2.35 bits per heavy atom. The zero-order valence-electron chi connectivity index (χ0n) is 11.5. The molecular weight excluding hydrogens is 214 g/mol. The number of carbonyl (C=O) groups excluding carboxylic acids is 1. The third kappa shape index (κ3) is 5.07. The lowest BCUT2D eigenvalue weighted by Gasteiger charge is -2.32. The Labute approximate surface area is 105 Å². The third-order valence-electron chi connectivity index (χ3n) is 3.62. The van der Waals surface area contributed by atoms with Crippen molar-refractivity contribution in [3.63, 3.8) is 0 Å². The summed E-state index contributed by atoms with van der Waals surface area (Å²) in [6, 6.07) is 0. The van der Waals surface area contributed by atoms with Gasteiger partial charge < -0.3 is 10.0 Å². The fourth-order valence-corrected chi connectivity index (χ4v) is 2.68. The maximum atomic E-state index is 12.0. The van der Waals surface area contributed by atoms with Crippen LogP contribution in [-0.4, -0.2) is 35.6 Å². The Hall–Kier alpha value is -0.570. The number of likely N-dealkylation sites (tertiary alicyclic amines) is 1. The normalized spacial score (nSPS) is 19.7. The minimum absolute atomic E-state index is 0.270. The van der Waals surface area contributed by atoms with E-state index in [4.69, 9.17) is 5.11 Å². The van der Waals surface area contributed by atoms with Gasteiger partial charge in [0.05, 0.1) is 0 Å². The molecule has 1 saturated heterocycles. The number of piperidine rings is 1. The van der Waals surface area contributed by atoms with Crippen LogP contribution < -0.4 is 0 Å². The van der Waals surface area contributed by atoms with Crippen molar-refractivity contribution in [2.45, 2.75) is 46.5 Å². The van der Waals surface area contributed by atoms with Crippen LogP contribution in [0, 0.1) is 17.8 Å². The van der Waals surface area contributed by atoms with Gasteiger partial charge in [0.25, 0.3) is 0 Å². The highest BCUT2D eigenvalue weighted by molar-refractivity contribution is 5.76. The molecule has 0 spiro atoms. The molecule has 17 heavy (non-hydrogen) atoms. The lowest BCUT2D eigenvalue weighted by atomic mass is 9.94. The van der Waals surface area contributed by atoms with Crippen molar-refractivity contribution in [3.05, 3.63) is 0 Å². The lowest BCUT2D eigenvalue weighted by Crippen LogP contribution is -2.39. The molecule has 1 atom stereocenters. The van der Waals surface area contributed by atoms with Crippen LogP contribution in [0.4, 0.5) is 0 Å². The molecule has 1 unspecified atom stereocenters. The average Bonchev–Trinajstić information content (AvgIpc) is 2.28. The van der Waals surface area contributed by atoms with Gasteiger partial charge in [-0.25, -0.2) is 0 Å². The molecule has 1 amide bonds. The molecule has 1 aliphatic heterocycles. The summed E-state index contributed by atoms with van der Waals surface area (Å²) in [5, 5.41) is 9.06. The molecule has 0 bridgehead atoms. The van der Waals surface area contributed by atoms with Crippen LogP contribution in [0.3, 0.4) is 0 Å². The second kappa shape index (κ2) is 7.00. The maximum absolute atomic E-state index is 12.0. The van der Waals surface area contributed by atoms with Gasteiger partial charge in [0.2, 0.25) is 5.91 Å². The first-order valence-electron chi connectivity index (χ1n) is 6.91. The highest BCUT2D eigenvalue weighted by atomic mass is 16.3. The van der Waals surface area contributed by atoms with Crippen molar-refractivity contribution in [3.8, 4) is 0 Å². The van der Waals surface area contributed by atoms with Crippen molar-refractivity contribution in [2.24, 2.45) is 17.8 Å². The molecular formula is C14H27NO2. The van der Waals surface area contributed by atoms with Gasteiger partial charge in [-0.05, 0) is 37.0 Å². The van der Waals surface area contributed by atoms with Gasteiger partial charge in [-0.2, -0.15) is 0 Å². The van der Waals surface area contributed by atoms with Gasteiger partial charge in [-0.15, -0.1) is 0 Å². The van der Waals surface area contributed by atoms with Gasteiger partial charge in [0, 0.05) is 26.1 Å². The molecule has 1 N–H and O–H groups in total. The van der Waals surface area contributed by atoms with Crippen molar-refractivity contribution in [1.82, 2.24) is 4.90 Å². The minimum Gasteiger partial charge on any atom is -0.396 e. The van der Waals surface area contributed by atoms with E-state index in [9.17, 15) is 4.79 Å². The van der Waals surface area contributed by atoms with Gasteiger partial charge >= 0.3 is 0 Å². The summed E-state index contributed by atoms with van der Waals surface area (Å²) in [5.41, 5.74) is 0. The van der Waals surface area contributed by atoms with Crippen LogP contribution >= 0.6 is 0 Å². The second-order valence-corrected chi connectivity index (χ2v) is 5.95. The summed E-state index contributed by atoms with van der Waals surface area (Å²) >= 11 is 0. The number of aliphatic hydroxyl groups excluding tert-OH is 1. The van der Waals surface area contributed by atoms with E-state index in [0.29, 0.717) is 30.1 Å². The zero-order valence-corrected chi connectivity index (χ0v) is 11.5. The number of hydrogen-bond donors (Lipinski definition) is 1. The molecule has 3 heteroatoms. The molecule has 1 heterocycles. The van der Waals surface area contributed by atoms with Crippen molar-refractivity contribution >= 4 is 5.91 Å². The quantitative estimate of drug-likeness (QED) is 0.802. The Bertz CT molecular complexity index is 232. The predicted octanol–water partition coefficient (Wildman–Crippen LogP) is 2.29. The van der Waals surface area contributed by atoms with E-state index < -0.39 is 0 Å². The number of carbonyl (C=O) groups is 1. The van der Waals surface area contributed by atoms with Crippen molar-refractivity contribution in [2.75, 3.05) is 19.7 Å². The first-order valence-corrected chi connectivity index (χ1v) is 6.91. The van der Waals surface area contributed by atoms with Gasteiger partial charge in [-0.3, -0.25) is 4.79 Å². The molecule has 0 aromatic heterocycles. The van der Waals surface area contributed by atoms with Gasteiger partial charge in [-0.1, -0.05) is 20.8 Å². The Kier molecular flexibility index (Phi) is 5.96. The summed E-state index contributed by atoms with van der Waals surface area (Å²) in [6.07, 6.45) is 3.72. The van der Waals surface area contributed by atoms with E-state index in [-0.39, 0.29) is 6.61 Å². The third-order valence-corrected chi connectivity index (χ3v) is 3.62. The van der Waals surface area contributed by atoms with Crippen LogP contribution in [0.15, 0.2) is 0 Å². The summed E-state index contributed by atoms with van der Waals surface area (Å²) in [4.78, 5) is 14.0. The zero-order chi connectivity index (χ0) is 12.8. The van der Waals surface area contributed by atoms with Crippen molar-refractivity contribution < 1.29 is 9.90 Å². The second-order valence-electron chi connectivity index (χ2n) is 5.95. The Morgan fingerprint density at radius 2 is 1.88 bits per heavy atom. The van der Waals surface area contributed by atoms with Gasteiger partial charge in [0.15, 0.2) is 0 Å². The molecule has 1 rings (SSSR count). The summed E-state index contributed by atoms with van der Waals surface area (Å²) < 4.78 is 0. The van der Waals surface area contributed by atoms with Gasteiger partial charge in [0.1, 0.15) is 0 Å². The molecule has 0 radical (unpaired) electrons. The van der Waals surface area contributed by atoms with E-state index in [1.165, 1.54) is 0 Å². The molecule has 0 aliphatic carbocycles. The lowest BCUT2D eigenvalue weighted by molar-refractivity contribution is -0.133. The summed E-state index contributed by atoms with van der Waals surface area (Å²) in [5.74, 6) is 1.86. The number of hydrogen-bond acceptors (Lipinski definition) is 2. The Balaban J connectivity index is 2.29. The van der Waals surface area contributed by atoms with E-state index in [2.05, 4.69) is 20.8 Å². The van der Waals surface area contributed by atoms with Crippen LogP contribution in [0.5, 0.6) is 0 Å². The van der Waals surface area contributed by atoms with E-state index in [1.807, 2.05) is 4.90 Å². The topological polar surface area (TPSA) is 40.5 Å². The minimum atomic E-state index is 0.270. The highest BCUT2D eigenvalue weighted by Crippen LogP contribution is 2.20. The van der Waals surface area contributed by atoms with Crippen molar-refractivity contribution in [1.29, 1.82) is 0 Å². The average molecular weight is 241 g/mol. The molecule has 0 aromatic carbocycles. The van der Waals surface area contributed by atoms with E-state index >= 15 is 0 Å². The number of rotatable bonds is 5. The number of aliphatic hydroxyl groups is 1. The summed E-state index contributed by atoms with van der Waals surface area (Å²) in [6.45, 7) is 8.50. The maximum Gasteiger partial charge on any atom is 0.222 e. The van der Waals surface area contributed by atoms with Crippen LogP contribution in [-0.2, 0) is 4.79 Å². The molecule has 3 nitrogen and oxygen atoms in total. The molecule has 1 fully saturated rings. The fraction of sp³-hybridized carbons (Fsp3) is 0.929. The largest absolute Gasteiger partial charge is 0.396 e. The fourth-order valence-electron chi connectivity index (χ4n) is 2.68. The molecule has 100 valence electrons. The molecule has 0 saturated carbocycles. The van der Waals surface area contributed by atoms with E-state index in [0.717, 1.165) is 32.4 Å². The van der Waals surface area contributed by atoms with E-state index in [1.54, 1.807) is 0 Å². The SMILES string of the molecule is CC(C)CC(C)CC(=O)N1CCC(CO)CC1. The molecule has 0 aromatic rings. The number of amides is 1. The van der Waals surface area contributed by atoms with Crippen LogP contribution in [0.25, 0.3) is 0 Å². The highest BCUT2D eigenvalue weighted by Gasteiger charge is 2.23. The monoisotopic (exact) mass is 241 g/mol. The van der Waals surface area contributed by atoms with Crippen LogP contribution in [0.2, 0.25) is 0 Å². The summed E-state index contributed by atoms with van der Waals surface area (Å²) in [7, 11) is 0.